The molecule has 3 rings (SSSR count). The van der Waals surface area contributed by atoms with Gasteiger partial charge in [0.05, 0.1) is 12.6 Å². The number of furan rings is 1. The summed E-state index contributed by atoms with van der Waals surface area (Å²) in [7, 11) is 0. The van der Waals surface area contributed by atoms with Crippen LogP contribution in [0.5, 0.6) is 5.75 Å². The average molecular weight is 348 g/mol. The molecule has 0 saturated carbocycles. The van der Waals surface area contributed by atoms with Crippen LogP contribution in [0.15, 0.2) is 71.1 Å². The van der Waals surface area contributed by atoms with Crippen molar-refractivity contribution in [2.45, 2.75) is 19.3 Å². The first-order chi connectivity index (χ1) is 12.7. The van der Waals surface area contributed by atoms with E-state index in [9.17, 15) is 5.11 Å². The monoisotopic (exact) mass is 348 g/mol. The number of hydrogen-bond acceptors (Lipinski definition) is 5. The molecule has 0 aliphatic heterocycles. The molecule has 0 aliphatic rings. The van der Waals surface area contributed by atoms with Crippen molar-refractivity contribution < 1.29 is 14.3 Å². The van der Waals surface area contributed by atoms with Gasteiger partial charge in [-0.25, -0.2) is 0 Å². The number of nitriles is 1. The minimum absolute atomic E-state index is 0.283. The molecule has 1 heterocycles. The molecule has 0 radical (unpaired) electrons. The maximum absolute atomic E-state index is 10.4. The molecule has 1 unspecified atom stereocenters. The van der Waals surface area contributed by atoms with Crippen LogP contribution in [-0.2, 0) is 13.2 Å². The summed E-state index contributed by atoms with van der Waals surface area (Å²) in [6, 6.07) is 22.7. The third-order valence-electron chi connectivity index (χ3n) is 3.90. The summed E-state index contributed by atoms with van der Waals surface area (Å²) in [5, 5.41) is 22.2. The van der Waals surface area contributed by atoms with Crippen LogP contribution < -0.4 is 10.1 Å². The molecule has 1 aromatic heterocycles. The highest BCUT2D eigenvalue weighted by Gasteiger charge is 2.09. The van der Waals surface area contributed by atoms with Crippen LogP contribution in [0.2, 0.25) is 0 Å². The van der Waals surface area contributed by atoms with Gasteiger partial charge in [-0.1, -0.05) is 42.5 Å². The van der Waals surface area contributed by atoms with Crippen LogP contribution in [0, 0.1) is 11.3 Å². The van der Waals surface area contributed by atoms with E-state index in [1.165, 1.54) is 0 Å². The predicted octanol–water partition coefficient (Wildman–Crippen LogP) is 3.55. The Hall–Kier alpha value is -3.07. The Morgan fingerprint density at radius 3 is 2.69 bits per heavy atom. The van der Waals surface area contributed by atoms with Gasteiger partial charge >= 0.3 is 0 Å². The number of aliphatic hydroxyl groups is 1. The summed E-state index contributed by atoms with van der Waals surface area (Å²) < 4.78 is 11.1. The van der Waals surface area contributed by atoms with Gasteiger partial charge < -0.3 is 19.6 Å². The summed E-state index contributed by atoms with van der Waals surface area (Å²) in [5.74, 6) is 1.66. The Kier molecular flexibility index (Phi) is 6.05. The van der Waals surface area contributed by atoms with Crippen molar-refractivity contribution in [1.82, 2.24) is 5.32 Å². The van der Waals surface area contributed by atoms with Crippen molar-refractivity contribution in [3.05, 3.63) is 89.4 Å². The second-order valence-electron chi connectivity index (χ2n) is 5.87. The molecule has 5 heteroatoms. The van der Waals surface area contributed by atoms with Gasteiger partial charge in [-0.2, -0.15) is 5.26 Å². The zero-order valence-corrected chi connectivity index (χ0v) is 14.3. The number of hydrogen-bond donors (Lipinski definition) is 2. The van der Waals surface area contributed by atoms with Crippen LogP contribution >= 0.6 is 0 Å². The summed E-state index contributed by atoms with van der Waals surface area (Å²) in [5.41, 5.74) is 1.87. The van der Waals surface area contributed by atoms with Gasteiger partial charge in [0.1, 0.15) is 24.2 Å². The van der Waals surface area contributed by atoms with E-state index in [0.29, 0.717) is 25.5 Å². The molecule has 1 atom stereocenters. The van der Waals surface area contributed by atoms with Gasteiger partial charge in [0, 0.05) is 6.54 Å². The summed E-state index contributed by atoms with van der Waals surface area (Å²) >= 11 is 0. The topological polar surface area (TPSA) is 78.4 Å². The van der Waals surface area contributed by atoms with Crippen molar-refractivity contribution in [3.8, 4) is 11.8 Å². The maximum Gasteiger partial charge on any atom is 0.203 e. The van der Waals surface area contributed by atoms with E-state index in [1.54, 1.807) is 12.1 Å². The highest BCUT2D eigenvalue weighted by Crippen LogP contribution is 2.20. The summed E-state index contributed by atoms with van der Waals surface area (Å²) in [6.07, 6.45) is -0.666. The molecule has 5 nitrogen and oxygen atoms in total. The van der Waals surface area contributed by atoms with E-state index in [2.05, 4.69) is 5.32 Å². The van der Waals surface area contributed by atoms with E-state index in [0.717, 1.165) is 16.9 Å². The van der Waals surface area contributed by atoms with Crippen LogP contribution in [0.25, 0.3) is 0 Å². The Balaban J connectivity index is 1.51. The van der Waals surface area contributed by atoms with Crippen molar-refractivity contribution in [3.63, 3.8) is 0 Å². The SMILES string of the molecule is N#Cc1ccc(CNCC(O)c2cccc(OCc3ccccc3)c2)o1. The molecule has 0 saturated heterocycles. The molecule has 0 spiro atoms. The van der Waals surface area contributed by atoms with Crippen molar-refractivity contribution >= 4 is 0 Å². The Morgan fingerprint density at radius 2 is 1.92 bits per heavy atom. The van der Waals surface area contributed by atoms with E-state index >= 15 is 0 Å². The molecule has 0 aliphatic carbocycles. The molecule has 2 aromatic carbocycles. The van der Waals surface area contributed by atoms with E-state index in [1.807, 2.05) is 60.7 Å². The average Bonchev–Trinajstić information content (AvgIpc) is 3.15. The van der Waals surface area contributed by atoms with Gasteiger partial charge in [0.25, 0.3) is 0 Å². The predicted molar refractivity (Wildman–Crippen MR) is 97.3 cm³/mol. The Morgan fingerprint density at radius 1 is 1.08 bits per heavy atom. The molecule has 3 aromatic rings. The quantitative estimate of drug-likeness (QED) is 0.651. The van der Waals surface area contributed by atoms with Crippen molar-refractivity contribution in [2.75, 3.05) is 6.54 Å². The number of aliphatic hydroxyl groups excluding tert-OH is 1. The molecule has 26 heavy (non-hydrogen) atoms. The van der Waals surface area contributed by atoms with E-state index in [-0.39, 0.29) is 5.76 Å². The first-order valence-electron chi connectivity index (χ1n) is 8.39. The van der Waals surface area contributed by atoms with Gasteiger partial charge in [-0.05, 0) is 35.4 Å². The number of rotatable bonds is 8. The molecule has 0 fully saturated rings. The highest BCUT2D eigenvalue weighted by molar-refractivity contribution is 5.30. The number of nitrogens with zero attached hydrogens (tertiary/aromatic N) is 1. The van der Waals surface area contributed by atoms with Gasteiger partial charge in [0.15, 0.2) is 0 Å². The fraction of sp³-hybridized carbons (Fsp3) is 0.190. The molecular weight excluding hydrogens is 328 g/mol. The zero-order chi connectivity index (χ0) is 18.2. The first-order valence-corrected chi connectivity index (χ1v) is 8.39. The molecule has 0 bridgehead atoms. The smallest absolute Gasteiger partial charge is 0.203 e. The lowest BCUT2D eigenvalue weighted by molar-refractivity contribution is 0.172. The Bertz CT molecular complexity index is 868. The molecular formula is C21H20N2O3. The van der Waals surface area contributed by atoms with Crippen molar-refractivity contribution in [1.29, 1.82) is 5.26 Å². The lowest BCUT2D eigenvalue weighted by Crippen LogP contribution is -2.20. The number of ether oxygens (including phenoxy) is 1. The normalized spacial score (nSPS) is 11.7. The lowest BCUT2D eigenvalue weighted by atomic mass is 10.1. The number of nitrogens with one attached hydrogen (secondary N) is 1. The molecule has 2 N–H and O–H groups in total. The van der Waals surface area contributed by atoms with Crippen LogP contribution in [-0.4, -0.2) is 11.7 Å². The zero-order valence-electron chi connectivity index (χ0n) is 14.3. The highest BCUT2D eigenvalue weighted by atomic mass is 16.5. The second-order valence-corrected chi connectivity index (χ2v) is 5.87. The third kappa shape index (κ3) is 4.96. The first kappa shape index (κ1) is 17.7. The number of benzene rings is 2. The summed E-state index contributed by atoms with van der Waals surface area (Å²) in [6.45, 7) is 1.30. The van der Waals surface area contributed by atoms with Gasteiger partial charge in [0.2, 0.25) is 5.76 Å². The minimum atomic E-state index is -0.666. The van der Waals surface area contributed by atoms with Crippen LogP contribution in [0.1, 0.15) is 28.8 Å². The van der Waals surface area contributed by atoms with Crippen LogP contribution in [0.3, 0.4) is 0 Å². The second kappa shape index (κ2) is 8.86. The Labute approximate surface area is 152 Å². The van der Waals surface area contributed by atoms with Gasteiger partial charge in [-0.3, -0.25) is 0 Å². The molecule has 0 amide bonds. The molecule has 132 valence electrons. The van der Waals surface area contributed by atoms with Crippen LogP contribution in [0.4, 0.5) is 0 Å². The van der Waals surface area contributed by atoms with Gasteiger partial charge in [-0.15, -0.1) is 0 Å². The largest absolute Gasteiger partial charge is 0.489 e. The standard InChI is InChI=1S/C21H20N2O3/c22-12-19-9-10-20(26-19)13-23-14-21(24)17-7-4-8-18(11-17)25-15-16-5-2-1-3-6-16/h1-11,21,23-24H,13-15H2. The lowest BCUT2D eigenvalue weighted by Gasteiger charge is -2.13. The van der Waals surface area contributed by atoms with E-state index < -0.39 is 6.10 Å². The van der Waals surface area contributed by atoms with Crippen molar-refractivity contribution in [2.24, 2.45) is 0 Å². The fourth-order valence-corrected chi connectivity index (χ4v) is 2.54. The fourth-order valence-electron chi connectivity index (χ4n) is 2.54. The minimum Gasteiger partial charge on any atom is -0.489 e. The third-order valence-corrected chi connectivity index (χ3v) is 3.90. The maximum atomic E-state index is 10.4. The summed E-state index contributed by atoms with van der Waals surface area (Å²) in [4.78, 5) is 0. The van der Waals surface area contributed by atoms with E-state index in [4.69, 9.17) is 14.4 Å².